The van der Waals surface area contributed by atoms with Gasteiger partial charge >= 0.3 is 6.18 Å². The molecule has 3 aromatic rings. The van der Waals surface area contributed by atoms with Crippen LogP contribution in [-0.4, -0.2) is 15.7 Å². The van der Waals surface area contributed by atoms with Gasteiger partial charge in [-0.25, -0.2) is 4.68 Å². The molecule has 0 spiro atoms. The Morgan fingerprint density at radius 2 is 1.83 bits per heavy atom. The summed E-state index contributed by atoms with van der Waals surface area (Å²) in [7, 11) is 0. The normalized spacial score (nSPS) is 11.4. The molecule has 0 bridgehead atoms. The standard InChI is InChI=1S/C21H20F3N3O2/c1-13-6-4-7-16(10-13)20(28)25-19-14(2)26-27(15(19)3)12-29-18-9-5-8-17(11-18)21(22,23)24/h4-11H,12H2,1-3H3,(H,25,28). The summed E-state index contributed by atoms with van der Waals surface area (Å²) in [5.74, 6) is -0.184. The number of hydrogen-bond donors (Lipinski definition) is 1. The molecule has 0 fully saturated rings. The lowest BCUT2D eigenvalue weighted by Gasteiger charge is -2.11. The minimum atomic E-state index is -4.44. The summed E-state index contributed by atoms with van der Waals surface area (Å²) in [5, 5.41) is 7.16. The number of aryl methyl sites for hydroxylation is 2. The summed E-state index contributed by atoms with van der Waals surface area (Å²) in [5.41, 5.74) is 2.47. The van der Waals surface area contributed by atoms with Gasteiger partial charge in [-0.2, -0.15) is 18.3 Å². The third-order valence-corrected chi connectivity index (χ3v) is 4.42. The van der Waals surface area contributed by atoms with Crippen LogP contribution in [0.2, 0.25) is 0 Å². The van der Waals surface area contributed by atoms with Gasteiger partial charge in [0.15, 0.2) is 6.73 Å². The summed E-state index contributed by atoms with van der Waals surface area (Å²) >= 11 is 0. The van der Waals surface area contributed by atoms with Crippen LogP contribution in [0.1, 0.15) is 32.9 Å². The van der Waals surface area contributed by atoms with E-state index < -0.39 is 11.7 Å². The molecule has 3 rings (SSSR count). The maximum atomic E-state index is 12.8. The van der Waals surface area contributed by atoms with Crippen LogP contribution in [0.5, 0.6) is 5.75 Å². The van der Waals surface area contributed by atoms with E-state index in [1.165, 1.54) is 16.8 Å². The Morgan fingerprint density at radius 3 is 2.52 bits per heavy atom. The Hall–Kier alpha value is -3.29. The molecule has 0 radical (unpaired) electrons. The summed E-state index contributed by atoms with van der Waals surface area (Å²) in [4.78, 5) is 12.5. The lowest BCUT2D eigenvalue weighted by Crippen LogP contribution is -2.14. The zero-order valence-electron chi connectivity index (χ0n) is 16.2. The van der Waals surface area contributed by atoms with E-state index in [0.29, 0.717) is 22.6 Å². The summed E-state index contributed by atoms with van der Waals surface area (Å²) < 4.78 is 45.4. The number of carbonyl (C=O) groups excluding carboxylic acids is 1. The molecule has 29 heavy (non-hydrogen) atoms. The molecule has 8 heteroatoms. The lowest BCUT2D eigenvalue weighted by atomic mass is 10.1. The third kappa shape index (κ3) is 4.77. The maximum absolute atomic E-state index is 12.8. The van der Waals surface area contributed by atoms with E-state index in [-0.39, 0.29) is 18.4 Å². The number of amides is 1. The molecule has 2 aromatic carbocycles. The lowest BCUT2D eigenvalue weighted by molar-refractivity contribution is -0.137. The molecule has 1 N–H and O–H groups in total. The quantitative estimate of drug-likeness (QED) is 0.644. The number of hydrogen-bond acceptors (Lipinski definition) is 3. The largest absolute Gasteiger partial charge is 0.471 e. The number of ether oxygens (including phenoxy) is 1. The first-order valence-corrected chi connectivity index (χ1v) is 8.87. The van der Waals surface area contributed by atoms with Gasteiger partial charge in [0.05, 0.1) is 22.6 Å². The average Bonchev–Trinajstić information content (AvgIpc) is 2.93. The van der Waals surface area contributed by atoms with Crippen molar-refractivity contribution in [3.8, 4) is 5.75 Å². The van der Waals surface area contributed by atoms with Gasteiger partial charge in [0, 0.05) is 5.56 Å². The van der Waals surface area contributed by atoms with Crippen molar-refractivity contribution in [1.29, 1.82) is 0 Å². The smallest absolute Gasteiger partial charge is 0.416 e. The van der Waals surface area contributed by atoms with Crippen molar-refractivity contribution in [2.45, 2.75) is 33.7 Å². The van der Waals surface area contributed by atoms with Crippen LogP contribution in [-0.2, 0) is 12.9 Å². The first-order chi connectivity index (χ1) is 13.6. The molecule has 5 nitrogen and oxygen atoms in total. The first-order valence-electron chi connectivity index (χ1n) is 8.87. The molecule has 0 aliphatic carbocycles. The number of carbonyl (C=O) groups is 1. The fraction of sp³-hybridized carbons (Fsp3) is 0.238. The van der Waals surface area contributed by atoms with E-state index in [1.807, 2.05) is 13.0 Å². The number of halogens is 3. The molecule has 1 amide bonds. The van der Waals surface area contributed by atoms with Gasteiger partial charge in [-0.3, -0.25) is 4.79 Å². The molecule has 0 saturated carbocycles. The van der Waals surface area contributed by atoms with Gasteiger partial charge in [-0.05, 0) is 51.1 Å². The average molecular weight is 403 g/mol. The van der Waals surface area contributed by atoms with Crippen LogP contribution in [0.4, 0.5) is 18.9 Å². The van der Waals surface area contributed by atoms with Gasteiger partial charge in [0.1, 0.15) is 5.75 Å². The number of nitrogens with one attached hydrogen (secondary N) is 1. The number of aromatic nitrogens is 2. The highest BCUT2D eigenvalue weighted by Gasteiger charge is 2.30. The Labute approximate surface area is 166 Å². The fourth-order valence-corrected chi connectivity index (χ4v) is 2.87. The minimum absolute atomic E-state index is 0.0812. The molecular formula is C21H20F3N3O2. The van der Waals surface area contributed by atoms with E-state index >= 15 is 0 Å². The van der Waals surface area contributed by atoms with Crippen LogP contribution < -0.4 is 10.1 Å². The van der Waals surface area contributed by atoms with Crippen molar-refractivity contribution in [1.82, 2.24) is 9.78 Å². The van der Waals surface area contributed by atoms with E-state index in [0.717, 1.165) is 17.7 Å². The highest BCUT2D eigenvalue weighted by molar-refractivity contribution is 6.04. The van der Waals surface area contributed by atoms with Gasteiger partial charge in [0.2, 0.25) is 0 Å². The Balaban J connectivity index is 1.74. The van der Waals surface area contributed by atoms with Gasteiger partial charge in [-0.1, -0.05) is 23.8 Å². The molecular weight excluding hydrogens is 383 g/mol. The van der Waals surface area contributed by atoms with Crippen molar-refractivity contribution in [2.75, 3.05) is 5.32 Å². The van der Waals surface area contributed by atoms with E-state index in [9.17, 15) is 18.0 Å². The third-order valence-electron chi connectivity index (χ3n) is 4.42. The monoisotopic (exact) mass is 403 g/mol. The van der Waals surface area contributed by atoms with Crippen LogP contribution in [0.15, 0.2) is 48.5 Å². The second-order valence-electron chi connectivity index (χ2n) is 6.67. The summed E-state index contributed by atoms with van der Waals surface area (Å²) in [6.07, 6.45) is -4.44. The fourth-order valence-electron chi connectivity index (χ4n) is 2.87. The second kappa shape index (κ2) is 7.98. The Kier molecular flexibility index (Phi) is 5.63. The molecule has 0 atom stereocenters. The molecule has 0 aliphatic rings. The molecule has 0 aliphatic heterocycles. The van der Waals surface area contributed by atoms with Crippen LogP contribution >= 0.6 is 0 Å². The SMILES string of the molecule is Cc1cccc(C(=O)Nc2c(C)nn(COc3cccc(C(F)(F)F)c3)c2C)c1. The molecule has 1 aromatic heterocycles. The topological polar surface area (TPSA) is 56.2 Å². The molecule has 152 valence electrons. The summed E-state index contributed by atoms with van der Waals surface area (Å²) in [6, 6.07) is 11.8. The van der Waals surface area contributed by atoms with Gasteiger partial charge < -0.3 is 10.1 Å². The molecule has 0 unspecified atom stereocenters. The van der Waals surface area contributed by atoms with Gasteiger partial charge in [0.25, 0.3) is 5.91 Å². The maximum Gasteiger partial charge on any atom is 0.416 e. The second-order valence-corrected chi connectivity index (χ2v) is 6.67. The van der Waals surface area contributed by atoms with Crippen LogP contribution in [0.3, 0.4) is 0 Å². The Bertz CT molecular complexity index is 1040. The zero-order valence-corrected chi connectivity index (χ0v) is 16.2. The summed E-state index contributed by atoms with van der Waals surface area (Å²) in [6.45, 7) is 5.30. The minimum Gasteiger partial charge on any atom is -0.471 e. The van der Waals surface area contributed by atoms with Crippen molar-refractivity contribution in [3.05, 3.63) is 76.6 Å². The van der Waals surface area contributed by atoms with E-state index in [2.05, 4.69) is 10.4 Å². The van der Waals surface area contributed by atoms with Crippen molar-refractivity contribution >= 4 is 11.6 Å². The number of benzene rings is 2. The van der Waals surface area contributed by atoms with Crippen LogP contribution in [0, 0.1) is 20.8 Å². The predicted molar refractivity (Wildman–Crippen MR) is 103 cm³/mol. The van der Waals surface area contributed by atoms with Crippen LogP contribution in [0.25, 0.3) is 0 Å². The predicted octanol–water partition coefficient (Wildman–Crippen LogP) is 5.12. The van der Waals surface area contributed by atoms with Crippen molar-refractivity contribution in [3.63, 3.8) is 0 Å². The van der Waals surface area contributed by atoms with E-state index in [1.54, 1.807) is 32.0 Å². The molecule has 0 saturated heterocycles. The number of rotatable bonds is 5. The highest BCUT2D eigenvalue weighted by atomic mass is 19.4. The van der Waals surface area contributed by atoms with Crippen molar-refractivity contribution in [2.24, 2.45) is 0 Å². The van der Waals surface area contributed by atoms with Gasteiger partial charge in [-0.15, -0.1) is 0 Å². The Morgan fingerprint density at radius 1 is 1.10 bits per heavy atom. The first kappa shape index (κ1) is 20.4. The molecule has 1 heterocycles. The van der Waals surface area contributed by atoms with E-state index in [4.69, 9.17) is 4.74 Å². The van der Waals surface area contributed by atoms with Crippen molar-refractivity contribution < 1.29 is 22.7 Å². The number of nitrogens with zero attached hydrogens (tertiary/aromatic N) is 2. The number of alkyl halides is 3. The number of anilines is 1. The zero-order chi connectivity index (χ0) is 21.2. The highest BCUT2D eigenvalue weighted by Crippen LogP contribution is 2.31.